The monoisotopic (exact) mass is 1420 g/mol. The average Bonchev–Trinajstić information content (AvgIpc) is 1.58. The number of para-hydroxylation sites is 1. The van der Waals surface area contributed by atoms with E-state index >= 15 is 0 Å². The molecule has 4 heterocycles. The summed E-state index contributed by atoms with van der Waals surface area (Å²) in [7, 11) is 0. The summed E-state index contributed by atoms with van der Waals surface area (Å²) >= 11 is 0. The Morgan fingerprint density at radius 3 is 1.68 bits per heavy atom. The quantitative estimate of drug-likeness (QED) is 0.107. The molecule has 0 saturated heterocycles. The molecular weight excluding hydrogens is 1320 g/mol. The number of aryl methyl sites for hydroxylation is 2. The van der Waals surface area contributed by atoms with Crippen LogP contribution in [0.2, 0.25) is 0 Å². The van der Waals surface area contributed by atoms with Gasteiger partial charge in [-0.3, -0.25) is 4.57 Å². The number of hydrogen-bond acceptors (Lipinski definition) is 2. The van der Waals surface area contributed by atoms with Crippen molar-refractivity contribution in [3.8, 4) is 118 Å². The number of aromatic nitrogens is 4. The third kappa shape index (κ3) is 10.6. The first kappa shape index (κ1) is 36.7. The molecule has 0 radical (unpaired) electrons. The molecule has 0 fully saturated rings. The minimum absolute atomic E-state index is 0. The molecule has 0 saturated carbocycles. The van der Waals surface area contributed by atoms with Crippen molar-refractivity contribution in [1.29, 1.82) is 0 Å². The van der Waals surface area contributed by atoms with E-state index in [1.54, 1.807) is 42.6 Å². The average molecular weight is 1420 g/mol. The van der Waals surface area contributed by atoms with Crippen LogP contribution in [-0.4, -0.2) is 14.1 Å². The third-order valence-electron chi connectivity index (χ3n) is 16.8. The molecule has 16 rings (SSSR count). The standard InChI is InChI=1S/C88H68N4O.Pt/c1-56-23-21-24-57(2)84(56)65-49-77(60-37-39-66(40-38-60)87(3,4)5)85-78(50-65)73-33-17-15-31-71(73)72-32-16-18-34-74(72)79-48-64(63-46-61(58-25-11-9-12-26-58)45-62(47-63)59-27-13-10-14-28-59)51-82-86(79)91(85)55-90(82)68-29-22-30-69(53-68)93-70-41-42-76-75-35-19-20-36-80(75)92(81(76)54-70)83-52-67(43-44-89-83)88(6,7)8;/h9-52H,1-8H3;/q-2;/i1D3,2D3,9D,10D,11D,12D,13D,14D,15D,16D,17D,18D,25D,26D,27D,28D,31D,32D,33D,34D,45D,46D,47D;. The Hall–Kier alpha value is -10.5. The molecule has 0 amide bonds. The van der Waals surface area contributed by atoms with Gasteiger partial charge in [0.2, 0.25) is 0 Å². The van der Waals surface area contributed by atoms with Gasteiger partial charge in [0.25, 0.3) is 6.33 Å². The molecule has 12 aromatic carbocycles. The summed E-state index contributed by atoms with van der Waals surface area (Å²) in [5, 5.41) is 1.70. The molecule has 15 aromatic rings. The molecule has 94 heavy (non-hydrogen) atoms. The van der Waals surface area contributed by atoms with Gasteiger partial charge in [-0.15, -0.1) is 29.7 Å². The molecule has 5 nitrogen and oxygen atoms in total. The van der Waals surface area contributed by atoms with Gasteiger partial charge in [0.05, 0.1) is 45.5 Å². The number of fused-ring (bicyclic) bond motifs is 10. The van der Waals surface area contributed by atoms with Crippen molar-refractivity contribution in [2.24, 2.45) is 0 Å². The van der Waals surface area contributed by atoms with Crippen molar-refractivity contribution < 1.29 is 67.4 Å². The summed E-state index contributed by atoms with van der Waals surface area (Å²) in [5.74, 6) is 0.819. The van der Waals surface area contributed by atoms with Crippen molar-refractivity contribution in [3.63, 3.8) is 0 Å². The number of imidazole rings is 1. The van der Waals surface area contributed by atoms with Crippen LogP contribution >= 0.6 is 0 Å². The Bertz CT molecular complexity index is 6830. The van der Waals surface area contributed by atoms with E-state index < -0.39 is 207 Å². The van der Waals surface area contributed by atoms with E-state index in [-0.39, 0.29) is 93.8 Å². The molecule has 0 atom stereocenters. The molecule has 3 aromatic heterocycles. The second-order valence-corrected chi connectivity index (χ2v) is 24.7. The van der Waals surface area contributed by atoms with Crippen LogP contribution in [0, 0.1) is 32.2 Å². The molecule has 0 unspecified atom stereocenters. The Kier molecular flexibility index (Phi) is 9.21. The van der Waals surface area contributed by atoms with E-state index in [2.05, 4.69) is 39.2 Å². The molecule has 1 aliphatic heterocycles. The van der Waals surface area contributed by atoms with Crippen LogP contribution in [-0.2, 0) is 31.9 Å². The van der Waals surface area contributed by atoms with Gasteiger partial charge in [0.1, 0.15) is 5.82 Å². The second-order valence-electron chi connectivity index (χ2n) is 24.7. The van der Waals surface area contributed by atoms with Gasteiger partial charge < -0.3 is 13.9 Å². The molecule has 6 heteroatoms. The molecule has 0 bridgehead atoms. The van der Waals surface area contributed by atoms with E-state index in [4.69, 9.17) is 26.2 Å². The normalized spacial score (nSPS) is 16.3. The maximum Gasteiger partial charge on any atom is 0.268 e. The predicted octanol–water partition coefficient (Wildman–Crippen LogP) is 22.5. The van der Waals surface area contributed by atoms with E-state index in [0.717, 1.165) is 27.4 Å². The fraction of sp³-hybridized carbons (Fsp3) is 0.114. The van der Waals surface area contributed by atoms with Crippen LogP contribution in [0.3, 0.4) is 0 Å². The zero-order valence-corrected chi connectivity index (χ0v) is 53.6. The summed E-state index contributed by atoms with van der Waals surface area (Å²) in [4.78, 5) is 4.85. The Balaban J connectivity index is 0.0000114. The van der Waals surface area contributed by atoms with Crippen molar-refractivity contribution in [2.75, 3.05) is 0 Å². The van der Waals surface area contributed by atoms with Gasteiger partial charge in [-0.25, -0.2) is 4.98 Å². The first-order chi connectivity index (χ1) is 56.3. The summed E-state index contributed by atoms with van der Waals surface area (Å²) in [6, 6.07) is 24.4. The van der Waals surface area contributed by atoms with Crippen LogP contribution in [0.5, 0.6) is 11.5 Å². The smallest absolute Gasteiger partial charge is 0.268 e. The first-order valence-corrected chi connectivity index (χ1v) is 30.0. The Morgan fingerprint density at radius 2 is 1.03 bits per heavy atom. The third-order valence-corrected chi connectivity index (χ3v) is 16.8. The summed E-state index contributed by atoms with van der Waals surface area (Å²) < 4.78 is 267. The fourth-order valence-electron chi connectivity index (χ4n) is 12.3. The van der Waals surface area contributed by atoms with Gasteiger partial charge in [0, 0.05) is 52.5 Å². The van der Waals surface area contributed by atoms with Crippen molar-refractivity contribution in [1.82, 2.24) is 14.1 Å². The SMILES string of the molecule is [2H]c1c([2H])c([2H])c(-c2c([2H])c(-c3cc4c5c(c3)n(-c3[c-]c(Oc6[c-]c7c(cc6)c6ccccc6n7-c6cc(C(C)(C)C)ccn6)ccc3)[c-][n+]5-c3c(-c5ccc(C(C)(C)C)cc5)cc(-c5c(C([2H])([2H])[2H])cccc5C([2H])([2H])[2H])cc3-c3c([2H])c([2H])c([2H])c([2H])c3-c3c([2H])c([2H])c([2H])c([2H])c3-4)c([2H])c(-c3c([2H])c([2H])c([2H])c([2H])c3[2H])c2[2H])c([2H])c1[2H].[Pt]. The van der Waals surface area contributed by atoms with Gasteiger partial charge in [-0.2, -0.15) is 18.2 Å². The van der Waals surface area contributed by atoms with Crippen LogP contribution < -0.4 is 9.30 Å². The maximum atomic E-state index is 10.5. The minimum Gasteiger partial charge on any atom is -0.510 e. The molecule has 1 aliphatic rings. The van der Waals surface area contributed by atoms with Crippen LogP contribution in [0.1, 0.15) is 101 Å². The predicted molar refractivity (Wildman–Crippen MR) is 384 cm³/mol. The minimum atomic E-state index is -3.04. The molecular formula is C88H68N4OPt-2. The largest absolute Gasteiger partial charge is 0.510 e. The van der Waals surface area contributed by atoms with Crippen LogP contribution in [0.4, 0.5) is 0 Å². The van der Waals surface area contributed by atoms with E-state index in [1.165, 1.54) is 51.6 Å². The number of nitrogens with zero attached hydrogens (tertiary/aromatic N) is 4. The second kappa shape index (κ2) is 23.6. The first-order valence-electron chi connectivity index (χ1n) is 43.5. The molecule has 458 valence electrons. The van der Waals surface area contributed by atoms with E-state index in [1.807, 2.05) is 79.9 Å². The maximum absolute atomic E-state index is 10.5. The fourth-order valence-corrected chi connectivity index (χ4v) is 12.3. The zero-order valence-electron chi connectivity index (χ0n) is 78.3. The summed E-state index contributed by atoms with van der Waals surface area (Å²) in [5.41, 5.74) is -5.47. The van der Waals surface area contributed by atoms with Crippen LogP contribution in [0.25, 0.3) is 139 Å². The van der Waals surface area contributed by atoms with Gasteiger partial charge >= 0.3 is 0 Å². The van der Waals surface area contributed by atoms with Gasteiger partial charge in [0.15, 0.2) is 0 Å². The Morgan fingerprint density at radius 1 is 0.457 bits per heavy atom. The number of ether oxygens (including phenoxy) is 1. The summed E-state index contributed by atoms with van der Waals surface area (Å²) in [6.45, 7) is 6.14. The number of hydrogen-bond donors (Lipinski definition) is 0. The molecule has 0 aliphatic carbocycles. The summed E-state index contributed by atoms with van der Waals surface area (Å²) in [6.07, 6.45) is 5.25. The Labute approximate surface area is 603 Å². The number of rotatable bonds is 9. The van der Waals surface area contributed by atoms with Gasteiger partial charge in [-0.05, 0) is 201 Å². The van der Waals surface area contributed by atoms with Gasteiger partial charge in [-0.1, -0.05) is 223 Å². The number of pyridine rings is 1. The van der Waals surface area contributed by atoms with Crippen molar-refractivity contribution >= 4 is 32.8 Å². The van der Waals surface area contributed by atoms with Crippen molar-refractivity contribution in [2.45, 2.75) is 66.1 Å². The number of benzene rings is 12. The van der Waals surface area contributed by atoms with E-state index in [0.29, 0.717) is 16.9 Å². The molecule has 0 N–H and O–H groups in total. The zero-order chi connectivity index (χ0) is 86.6. The van der Waals surface area contributed by atoms with Crippen molar-refractivity contribution in [3.05, 3.63) is 307 Å². The topological polar surface area (TPSA) is 35.9 Å². The van der Waals surface area contributed by atoms with Crippen LogP contribution in [0.15, 0.2) is 267 Å². The van der Waals surface area contributed by atoms with E-state index in [9.17, 15) is 20.6 Å². The molecule has 0 spiro atoms.